The lowest BCUT2D eigenvalue weighted by atomic mass is 10.1. The molecule has 26 heavy (non-hydrogen) atoms. The molecule has 1 amide bonds. The van der Waals surface area contributed by atoms with Crippen LogP contribution in [0.4, 0.5) is 0 Å². The van der Waals surface area contributed by atoms with E-state index in [2.05, 4.69) is 27.6 Å². The fourth-order valence-electron chi connectivity index (χ4n) is 2.64. The molecule has 3 N–H and O–H groups in total. The summed E-state index contributed by atoms with van der Waals surface area (Å²) in [5.74, 6) is 0.242. The third-order valence-corrected chi connectivity index (χ3v) is 4.02. The summed E-state index contributed by atoms with van der Waals surface area (Å²) < 4.78 is 5.27. The molecule has 6 heteroatoms. The van der Waals surface area contributed by atoms with Gasteiger partial charge in [-0.3, -0.25) is 20.7 Å². The topological polar surface area (TPSA) is 83.0 Å². The summed E-state index contributed by atoms with van der Waals surface area (Å²) in [7, 11) is 0. The Morgan fingerprint density at radius 2 is 1.85 bits per heavy atom. The highest BCUT2D eigenvalue weighted by atomic mass is 16.3. The molecule has 4 aromatic rings. The van der Waals surface area contributed by atoms with Crippen LogP contribution in [-0.2, 0) is 0 Å². The molecule has 2 heterocycles. The van der Waals surface area contributed by atoms with Crippen molar-refractivity contribution in [3.63, 3.8) is 0 Å². The highest BCUT2D eigenvalue weighted by Gasteiger charge is 2.13. The minimum absolute atomic E-state index is 0.246. The van der Waals surface area contributed by atoms with E-state index in [0.717, 1.165) is 16.3 Å². The van der Waals surface area contributed by atoms with Crippen LogP contribution < -0.4 is 10.9 Å². The lowest BCUT2D eigenvalue weighted by molar-refractivity contribution is 0.0937. The van der Waals surface area contributed by atoms with Gasteiger partial charge in [0.15, 0.2) is 11.5 Å². The van der Waals surface area contributed by atoms with Gasteiger partial charge in [-0.1, -0.05) is 43.0 Å². The van der Waals surface area contributed by atoms with Crippen molar-refractivity contribution in [3.05, 3.63) is 84.8 Å². The monoisotopic (exact) mass is 344 g/mol. The molecule has 0 aliphatic rings. The third-order valence-electron chi connectivity index (χ3n) is 4.02. The zero-order chi connectivity index (χ0) is 17.9. The van der Waals surface area contributed by atoms with Gasteiger partial charge >= 0.3 is 0 Å². The molecule has 0 aliphatic carbocycles. The van der Waals surface area contributed by atoms with Gasteiger partial charge in [0.25, 0.3) is 5.91 Å². The molecule has 0 saturated carbocycles. The lowest BCUT2D eigenvalue weighted by Gasteiger charge is -2.11. The Balaban J connectivity index is 1.42. The van der Waals surface area contributed by atoms with Crippen LogP contribution in [0.15, 0.2) is 77.9 Å². The van der Waals surface area contributed by atoms with E-state index in [0.29, 0.717) is 17.2 Å². The number of nitrogens with one attached hydrogen (secondary N) is 3. The van der Waals surface area contributed by atoms with Crippen LogP contribution in [0.1, 0.15) is 16.1 Å². The van der Waals surface area contributed by atoms with Gasteiger partial charge in [-0.05, 0) is 34.5 Å². The maximum atomic E-state index is 12.2. The van der Waals surface area contributed by atoms with Crippen molar-refractivity contribution in [3.8, 4) is 11.5 Å². The summed E-state index contributed by atoms with van der Waals surface area (Å²) in [6.45, 7) is 3.97. The predicted octanol–water partition coefficient (Wildman–Crippen LogP) is 3.73. The van der Waals surface area contributed by atoms with Gasteiger partial charge in [0, 0.05) is 6.07 Å². The highest BCUT2D eigenvalue weighted by molar-refractivity contribution is 5.93. The highest BCUT2D eigenvalue weighted by Crippen LogP contribution is 2.19. The number of nitrogens with zero attached hydrogens (tertiary/aromatic N) is 1. The number of hydrogen-bond donors (Lipinski definition) is 3. The molecule has 0 atom stereocenters. The van der Waals surface area contributed by atoms with E-state index in [9.17, 15) is 4.79 Å². The number of aromatic amines is 1. The molecule has 0 bridgehead atoms. The van der Waals surface area contributed by atoms with Gasteiger partial charge in [0.05, 0.1) is 12.0 Å². The first-order valence-corrected chi connectivity index (χ1v) is 8.04. The van der Waals surface area contributed by atoms with E-state index in [1.165, 1.54) is 0 Å². The Kier molecular flexibility index (Phi) is 3.99. The zero-order valence-corrected chi connectivity index (χ0v) is 13.8. The largest absolute Gasteiger partial charge is 0.463 e. The number of hydrazine groups is 1. The summed E-state index contributed by atoms with van der Waals surface area (Å²) >= 11 is 0. The number of furan rings is 1. The number of carbonyl (C=O) groups excluding carboxylic acids is 1. The molecule has 2 aromatic heterocycles. The second-order valence-corrected chi connectivity index (χ2v) is 5.76. The van der Waals surface area contributed by atoms with Crippen molar-refractivity contribution >= 4 is 22.4 Å². The predicted molar refractivity (Wildman–Crippen MR) is 99.9 cm³/mol. The van der Waals surface area contributed by atoms with Crippen molar-refractivity contribution < 1.29 is 9.21 Å². The number of carbonyl (C=O) groups is 1. The van der Waals surface area contributed by atoms with Gasteiger partial charge < -0.3 is 4.42 Å². The number of benzene rings is 2. The van der Waals surface area contributed by atoms with Crippen LogP contribution in [0.5, 0.6) is 0 Å². The molecular formula is C20H16N4O2. The summed E-state index contributed by atoms with van der Waals surface area (Å²) in [6, 6.07) is 19.2. The number of hydrogen-bond acceptors (Lipinski definition) is 4. The van der Waals surface area contributed by atoms with Gasteiger partial charge in [-0.15, -0.1) is 0 Å². The second-order valence-electron chi connectivity index (χ2n) is 5.76. The smallest absolute Gasteiger partial charge is 0.290 e. The minimum atomic E-state index is -0.374. The quantitative estimate of drug-likeness (QED) is 0.482. The fourth-order valence-corrected chi connectivity index (χ4v) is 2.64. The van der Waals surface area contributed by atoms with E-state index in [-0.39, 0.29) is 11.6 Å². The van der Waals surface area contributed by atoms with Gasteiger partial charge in [0.1, 0.15) is 5.69 Å². The Labute approximate surface area is 149 Å². The second kappa shape index (κ2) is 6.60. The molecular weight excluding hydrogens is 328 g/mol. The number of amides is 1. The Hall–Kier alpha value is -3.80. The average molecular weight is 344 g/mol. The number of H-pyrrole nitrogens is 1. The molecule has 2 aromatic carbocycles. The van der Waals surface area contributed by atoms with Crippen molar-refractivity contribution in [2.75, 3.05) is 0 Å². The van der Waals surface area contributed by atoms with Crippen molar-refractivity contribution in [1.29, 1.82) is 0 Å². The zero-order valence-electron chi connectivity index (χ0n) is 13.8. The standard InChI is InChI=1S/C20H16N4O2/c1-13(15-9-8-14-5-2-3-6-16(14)11-15)21-24-20(25)18-12-17(22-23-18)19-7-4-10-26-19/h2-12,21H,1H2,(H,22,23)(H,24,25). The SMILES string of the molecule is C=C(NNC(=O)c1cc(-c2ccco2)[nH]n1)c1ccc2ccccc2c1. The first kappa shape index (κ1) is 15.7. The first-order valence-electron chi connectivity index (χ1n) is 8.04. The lowest BCUT2D eigenvalue weighted by Crippen LogP contribution is -2.36. The van der Waals surface area contributed by atoms with Crippen LogP contribution in [0.25, 0.3) is 27.9 Å². The number of aromatic nitrogens is 2. The molecule has 0 saturated heterocycles. The van der Waals surface area contributed by atoms with E-state index in [1.54, 1.807) is 24.5 Å². The molecule has 0 aliphatic heterocycles. The normalized spacial score (nSPS) is 10.6. The molecule has 0 fully saturated rings. The van der Waals surface area contributed by atoms with E-state index >= 15 is 0 Å². The molecule has 0 radical (unpaired) electrons. The molecule has 4 rings (SSSR count). The molecule has 6 nitrogen and oxygen atoms in total. The van der Waals surface area contributed by atoms with Crippen molar-refractivity contribution in [2.24, 2.45) is 0 Å². The number of fused-ring (bicyclic) bond motifs is 1. The summed E-state index contributed by atoms with van der Waals surface area (Å²) in [5, 5.41) is 9.03. The van der Waals surface area contributed by atoms with Crippen LogP contribution in [-0.4, -0.2) is 16.1 Å². The van der Waals surface area contributed by atoms with Crippen LogP contribution in [0.2, 0.25) is 0 Å². The van der Waals surface area contributed by atoms with E-state index < -0.39 is 0 Å². The van der Waals surface area contributed by atoms with Gasteiger partial charge in [-0.2, -0.15) is 5.10 Å². The maximum absolute atomic E-state index is 12.2. The Morgan fingerprint density at radius 1 is 1.00 bits per heavy atom. The summed E-state index contributed by atoms with van der Waals surface area (Å²) in [4.78, 5) is 12.2. The van der Waals surface area contributed by atoms with E-state index in [1.807, 2.05) is 42.5 Å². The first-order chi connectivity index (χ1) is 12.7. The third kappa shape index (κ3) is 3.08. The van der Waals surface area contributed by atoms with Gasteiger partial charge in [-0.25, -0.2) is 0 Å². The summed E-state index contributed by atoms with van der Waals surface area (Å²) in [6.07, 6.45) is 1.56. The van der Waals surface area contributed by atoms with Gasteiger partial charge in [0.2, 0.25) is 0 Å². The average Bonchev–Trinajstić information content (AvgIpc) is 3.36. The number of rotatable bonds is 5. The van der Waals surface area contributed by atoms with E-state index in [4.69, 9.17) is 4.42 Å². The summed E-state index contributed by atoms with van der Waals surface area (Å²) in [5.41, 5.74) is 7.80. The van der Waals surface area contributed by atoms with Crippen LogP contribution in [0.3, 0.4) is 0 Å². The van der Waals surface area contributed by atoms with Crippen molar-refractivity contribution in [2.45, 2.75) is 0 Å². The van der Waals surface area contributed by atoms with Crippen molar-refractivity contribution in [1.82, 2.24) is 21.0 Å². The Morgan fingerprint density at radius 3 is 2.65 bits per heavy atom. The maximum Gasteiger partial charge on any atom is 0.290 e. The Bertz CT molecular complexity index is 1080. The molecule has 0 spiro atoms. The molecule has 128 valence electrons. The van der Waals surface area contributed by atoms with Crippen LogP contribution >= 0.6 is 0 Å². The van der Waals surface area contributed by atoms with Crippen LogP contribution in [0, 0.1) is 0 Å². The fraction of sp³-hybridized carbons (Fsp3) is 0. The minimum Gasteiger partial charge on any atom is -0.463 e. The molecule has 0 unspecified atom stereocenters.